The summed E-state index contributed by atoms with van der Waals surface area (Å²) in [6, 6.07) is 7.76. The van der Waals surface area contributed by atoms with Gasteiger partial charge in [-0.15, -0.1) is 11.8 Å². The molecule has 24 heavy (non-hydrogen) atoms. The first-order chi connectivity index (χ1) is 11.6. The Bertz CT molecular complexity index is 694. The minimum atomic E-state index is -0.383. The van der Waals surface area contributed by atoms with Gasteiger partial charge >= 0.3 is 0 Å². The lowest BCUT2D eigenvalue weighted by atomic mass is 10.2. The Kier molecular flexibility index (Phi) is 5.30. The Morgan fingerprint density at radius 2 is 1.88 bits per heavy atom. The van der Waals surface area contributed by atoms with Crippen molar-refractivity contribution in [2.75, 3.05) is 25.9 Å². The SMILES string of the molecule is CSc1ccc(C=C2SC(=O)N(CC(=O)N3CCCC3)C2=O)cc1. The van der Waals surface area contributed by atoms with Crippen molar-refractivity contribution in [2.45, 2.75) is 17.7 Å². The van der Waals surface area contributed by atoms with Crippen LogP contribution in [0.4, 0.5) is 4.79 Å². The molecule has 2 fully saturated rings. The van der Waals surface area contributed by atoms with Crippen molar-refractivity contribution in [2.24, 2.45) is 0 Å². The molecule has 3 amide bonds. The molecular formula is C17H18N2O3S2. The lowest BCUT2D eigenvalue weighted by Gasteiger charge is -2.18. The van der Waals surface area contributed by atoms with Crippen molar-refractivity contribution in [3.05, 3.63) is 34.7 Å². The van der Waals surface area contributed by atoms with E-state index in [-0.39, 0.29) is 23.6 Å². The summed E-state index contributed by atoms with van der Waals surface area (Å²) in [4.78, 5) is 41.0. The Morgan fingerprint density at radius 3 is 2.50 bits per heavy atom. The van der Waals surface area contributed by atoms with Crippen LogP contribution in [-0.4, -0.2) is 52.7 Å². The van der Waals surface area contributed by atoms with E-state index in [1.54, 1.807) is 22.7 Å². The highest BCUT2D eigenvalue weighted by Gasteiger charge is 2.37. The Balaban J connectivity index is 1.70. The van der Waals surface area contributed by atoms with Crippen LogP contribution in [0.5, 0.6) is 0 Å². The maximum absolute atomic E-state index is 12.4. The number of rotatable bonds is 4. The predicted molar refractivity (Wildman–Crippen MR) is 96.7 cm³/mol. The van der Waals surface area contributed by atoms with Crippen LogP contribution in [0.25, 0.3) is 6.08 Å². The molecule has 0 atom stereocenters. The molecule has 0 saturated carbocycles. The standard InChI is InChI=1S/C17H18N2O3S2/c1-23-13-6-4-12(5-7-13)10-14-16(21)19(17(22)24-14)11-15(20)18-8-2-3-9-18/h4-7,10H,2-3,8-9,11H2,1H3. The van der Waals surface area contributed by atoms with Crippen LogP contribution in [0, 0.1) is 0 Å². The molecule has 5 nitrogen and oxygen atoms in total. The van der Waals surface area contributed by atoms with Gasteiger partial charge in [-0.25, -0.2) is 0 Å². The lowest BCUT2D eigenvalue weighted by molar-refractivity contribution is -0.135. The minimum Gasteiger partial charge on any atom is -0.341 e. The highest BCUT2D eigenvalue weighted by molar-refractivity contribution is 8.18. The molecule has 2 heterocycles. The van der Waals surface area contributed by atoms with Gasteiger partial charge in [0.25, 0.3) is 11.1 Å². The van der Waals surface area contributed by atoms with Gasteiger partial charge < -0.3 is 4.90 Å². The summed E-state index contributed by atoms with van der Waals surface area (Å²) in [5.74, 6) is -0.535. The van der Waals surface area contributed by atoms with Gasteiger partial charge in [-0.1, -0.05) is 12.1 Å². The first-order valence-electron chi connectivity index (χ1n) is 7.75. The summed E-state index contributed by atoms with van der Waals surface area (Å²) in [6.07, 6.45) is 5.67. The molecule has 0 aromatic heterocycles. The molecule has 1 aromatic carbocycles. The molecule has 0 radical (unpaired) electrons. The first kappa shape index (κ1) is 17.1. The number of likely N-dealkylation sites (tertiary alicyclic amines) is 1. The molecule has 0 bridgehead atoms. The topological polar surface area (TPSA) is 57.7 Å². The Labute approximate surface area is 149 Å². The van der Waals surface area contributed by atoms with Crippen molar-refractivity contribution >= 4 is 46.7 Å². The fraction of sp³-hybridized carbons (Fsp3) is 0.353. The van der Waals surface area contributed by atoms with Crippen LogP contribution in [0.3, 0.4) is 0 Å². The molecule has 0 spiro atoms. The summed E-state index contributed by atoms with van der Waals surface area (Å²) in [6.45, 7) is 1.27. The van der Waals surface area contributed by atoms with Crippen LogP contribution >= 0.6 is 23.5 Å². The van der Waals surface area contributed by atoms with E-state index in [1.807, 2.05) is 30.5 Å². The van der Waals surface area contributed by atoms with Gasteiger partial charge in [0.15, 0.2) is 0 Å². The first-order valence-corrected chi connectivity index (χ1v) is 9.80. The second-order valence-electron chi connectivity index (χ2n) is 5.63. The van der Waals surface area contributed by atoms with Crippen LogP contribution in [0.1, 0.15) is 18.4 Å². The second-order valence-corrected chi connectivity index (χ2v) is 7.50. The maximum Gasteiger partial charge on any atom is 0.294 e. The molecule has 1 aromatic rings. The third-order valence-electron chi connectivity index (χ3n) is 4.04. The zero-order chi connectivity index (χ0) is 17.1. The van der Waals surface area contributed by atoms with Crippen molar-refractivity contribution in [3.63, 3.8) is 0 Å². The average Bonchev–Trinajstić information content (AvgIpc) is 3.20. The molecule has 2 aliphatic heterocycles. The lowest BCUT2D eigenvalue weighted by Crippen LogP contribution is -2.40. The van der Waals surface area contributed by atoms with Crippen molar-refractivity contribution in [3.8, 4) is 0 Å². The molecule has 3 rings (SSSR count). The summed E-state index contributed by atoms with van der Waals surface area (Å²) < 4.78 is 0. The number of hydrogen-bond acceptors (Lipinski definition) is 5. The second kappa shape index (κ2) is 7.44. The number of carbonyl (C=O) groups excluding carboxylic acids is 3. The van der Waals surface area contributed by atoms with Crippen LogP contribution in [0.15, 0.2) is 34.1 Å². The Hall–Kier alpha value is -1.73. The minimum absolute atomic E-state index is 0.152. The highest BCUT2D eigenvalue weighted by atomic mass is 32.2. The average molecular weight is 362 g/mol. The van der Waals surface area contributed by atoms with Gasteiger partial charge in [-0.3, -0.25) is 19.3 Å². The smallest absolute Gasteiger partial charge is 0.294 e. The summed E-state index contributed by atoms with van der Waals surface area (Å²) in [7, 11) is 0. The van der Waals surface area contributed by atoms with E-state index < -0.39 is 0 Å². The van der Waals surface area contributed by atoms with Gasteiger partial charge in [0.1, 0.15) is 6.54 Å². The van der Waals surface area contributed by atoms with Crippen molar-refractivity contribution < 1.29 is 14.4 Å². The van der Waals surface area contributed by atoms with Gasteiger partial charge in [-0.2, -0.15) is 0 Å². The van der Waals surface area contributed by atoms with Crippen LogP contribution in [0.2, 0.25) is 0 Å². The number of imide groups is 1. The number of benzene rings is 1. The molecule has 7 heteroatoms. The normalized spacial score (nSPS) is 19.6. The Morgan fingerprint density at radius 1 is 1.21 bits per heavy atom. The van der Waals surface area contributed by atoms with E-state index in [4.69, 9.17) is 0 Å². The number of thioether (sulfide) groups is 2. The monoisotopic (exact) mass is 362 g/mol. The van der Waals surface area contributed by atoms with Gasteiger partial charge in [0, 0.05) is 18.0 Å². The zero-order valence-electron chi connectivity index (χ0n) is 13.4. The zero-order valence-corrected chi connectivity index (χ0v) is 15.0. The van der Waals surface area contributed by atoms with Gasteiger partial charge in [0.05, 0.1) is 4.91 Å². The largest absolute Gasteiger partial charge is 0.341 e. The van der Waals surface area contributed by atoms with E-state index in [0.717, 1.165) is 40.0 Å². The number of carbonyl (C=O) groups is 3. The molecule has 0 unspecified atom stereocenters. The highest BCUT2D eigenvalue weighted by Crippen LogP contribution is 2.32. The fourth-order valence-electron chi connectivity index (χ4n) is 2.69. The molecule has 0 N–H and O–H groups in total. The van der Waals surface area contributed by atoms with E-state index in [9.17, 15) is 14.4 Å². The van der Waals surface area contributed by atoms with E-state index in [2.05, 4.69) is 0 Å². The number of hydrogen-bond donors (Lipinski definition) is 0. The molecule has 126 valence electrons. The van der Waals surface area contributed by atoms with Gasteiger partial charge in [0.2, 0.25) is 5.91 Å². The third-order valence-corrected chi connectivity index (χ3v) is 5.69. The number of nitrogens with zero attached hydrogens (tertiary/aromatic N) is 2. The van der Waals surface area contributed by atoms with E-state index in [1.165, 1.54) is 0 Å². The molecule has 2 aliphatic rings. The van der Waals surface area contributed by atoms with Crippen molar-refractivity contribution in [1.29, 1.82) is 0 Å². The number of amides is 3. The van der Waals surface area contributed by atoms with Crippen LogP contribution in [-0.2, 0) is 9.59 Å². The van der Waals surface area contributed by atoms with Crippen molar-refractivity contribution in [1.82, 2.24) is 9.80 Å². The maximum atomic E-state index is 12.4. The van der Waals surface area contributed by atoms with E-state index >= 15 is 0 Å². The predicted octanol–water partition coefficient (Wildman–Crippen LogP) is 3.07. The van der Waals surface area contributed by atoms with Gasteiger partial charge in [-0.05, 0) is 54.6 Å². The molecule has 0 aliphatic carbocycles. The third kappa shape index (κ3) is 3.67. The summed E-state index contributed by atoms with van der Waals surface area (Å²) in [5.41, 5.74) is 0.865. The molecular weight excluding hydrogens is 344 g/mol. The summed E-state index contributed by atoms with van der Waals surface area (Å²) >= 11 is 2.54. The van der Waals surface area contributed by atoms with Crippen LogP contribution < -0.4 is 0 Å². The fourth-order valence-corrected chi connectivity index (χ4v) is 3.94. The summed E-state index contributed by atoms with van der Waals surface area (Å²) in [5, 5.41) is -0.375. The quantitative estimate of drug-likeness (QED) is 0.609. The van der Waals surface area contributed by atoms with E-state index in [0.29, 0.717) is 18.0 Å². The molecule has 2 saturated heterocycles.